The Balaban J connectivity index is 1.74. The number of hydrogen-bond acceptors (Lipinski definition) is 3. The van der Waals surface area contributed by atoms with E-state index in [0.717, 1.165) is 29.8 Å². The van der Waals surface area contributed by atoms with Gasteiger partial charge < -0.3 is 15.8 Å². The van der Waals surface area contributed by atoms with Crippen molar-refractivity contribution in [2.75, 3.05) is 20.2 Å². The molecule has 3 N–H and O–H groups in total. The molecule has 0 aliphatic heterocycles. The largest absolute Gasteiger partial charge is 0.497 e. The Labute approximate surface area is 141 Å². The first-order chi connectivity index (χ1) is 11.2. The van der Waals surface area contributed by atoms with E-state index in [0.29, 0.717) is 24.1 Å². The number of halogens is 1. The normalized spacial score (nSPS) is 11.3. The Kier molecular flexibility index (Phi) is 6.69. The summed E-state index contributed by atoms with van der Waals surface area (Å²) in [5, 5.41) is 3.78. The van der Waals surface area contributed by atoms with Crippen molar-refractivity contribution in [2.45, 2.75) is 12.8 Å². The molecule has 1 aromatic carbocycles. The van der Waals surface area contributed by atoms with Crippen molar-refractivity contribution in [2.24, 2.45) is 10.7 Å². The van der Waals surface area contributed by atoms with Crippen molar-refractivity contribution in [1.82, 2.24) is 10.3 Å². The van der Waals surface area contributed by atoms with E-state index in [1.807, 2.05) is 30.3 Å². The molecule has 0 radical (unpaired) electrons. The highest BCUT2D eigenvalue weighted by atomic mass is 35.5. The Morgan fingerprint density at radius 1 is 1.30 bits per heavy atom. The number of pyridine rings is 1. The minimum absolute atomic E-state index is 0.436. The number of nitrogens with two attached hydrogens (primary N) is 1. The summed E-state index contributed by atoms with van der Waals surface area (Å²) in [6.45, 7) is 1.28. The van der Waals surface area contributed by atoms with E-state index in [-0.39, 0.29) is 0 Å². The molecule has 5 nitrogen and oxygen atoms in total. The second-order valence-corrected chi connectivity index (χ2v) is 5.38. The van der Waals surface area contributed by atoms with Crippen LogP contribution >= 0.6 is 11.6 Å². The number of aliphatic imine (C=N–C) groups is 1. The average molecular weight is 333 g/mol. The van der Waals surface area contributed by atoms with E-state index in [1.165, 1.54) is 0 Å². The van der Waals surface area contributed by atoms with Gasteiger partial charge in [-0.1, -0.05) is 23.7 Å². The van der Waals surface area contributed by atoms with Gasteiger partial charge in [0.15, 0.2) is 5.96 Å². The highest BCUT2D eigenvalue weighted by Gasteiger charge is 2.02. The standard InChI is InChI=1S/C17H21ClN4O/c1-23-15-6-5-13(16(18)12-15)7-10-21-17(19)22-11-8-14-4-2-3-9-20-14/h2-6,9,12H,7-8,10-11H2,1H3,(H3,19,21,22). The molecule has 1 heterocycles. The van der Waals surface area contributed by atoms with Gasteiger partial charge in [0.25, 0.3) is 0 Å². The first kappa shape index (κ1) is 17.1. The van der Waals surface area contributed by atoms with Crippen molar-refractivity contribution in [3.63, 3.8) is 0 Å². The number of aromatic nitrogens is 1. The summed E-state index contributed by atoms with van der Waals surface area (Å²) in [7, 11) is 1.62. The molecule has 0 spiro atoms. The van der Waals surface area contributed by atoms with Crippen molar-refractivity contribution in [3.8, 4) is 5.75 Å². The molecule has 0 bridgehead atoms. The summed E-state index contributed by atoms with van der Waals surface area (Å²) in [6, 6.07) is 11.5. The first-order valence-corrected chi connectivity index (χ1v) is 7.83. The van der Waals surface area contributed by atoms with Crippen LogP contribution in [-0.2, 0) is 12.8 Å². The van der Waals surface area contributed by atoms with Crippen LogP contribution in [0.5, 0.6) is 5.75 Å². The molecule has 0 saturated heterocycles. The Morgan fingerprint density at radius 3 is 2.87 bits per heavy atom. The molecule has 0 unspecified atom stereocenters. The van der Waals surface area contributed by atoms with Gasteiger partial charge in [-0.25, -0.2) is 0 Å². The van der Waals surface area contributed by atoms with Gasteiger partial charge in [0, 0.05) is 36.4 Å². The molecular formula is C17H21ClN4O. The number of guanidine groups is 1. The number of methoxy groups -OCH3 is 1. The van der Waals surface area contributed by atoms with Crippen LogP contribution in [0.4, 0.5) is 0 Å². The number of nitrogens with zero attached hydrogens (tertiary/aromatic N) is 2. The fourth-order valence-electron chi connectivity index (χ4n) is 2.08. The third kappa shape index (κ3) is 5.79. The van der Waals surface area contributed by atoms with Crippen LogP contribution in [0.1, 0.15) is 11.3 Å². The molecule has 0 aliphatic rings. The van der Waals surface area contributed by atoms with Crippen molar-refractivity contribution in [3.05, 3.63) is 58.9 Å². The van der Waals surface area contributed by atoms with Gasteiger partial charge >= 0.3 is 0 Å². The van der Waals surface area contributed by atoms with E-state index in [9.17, 15) is 0 Å². The Morgan fingerprint density at radius 2 is 2.17 bits per heavy atom. The molecule has 2 aromatic rings. The highest BCUT2D eigenvalue weighted by molar-refractivity contribution is 6.31. The molecule has 0 amide bonds. The summed E-state index contributed by atoms with van der Waals surface area (Å²) < 4.78 is 5.13. The van der Waals surface area contributed by atoms with Gasteiger partial charge in [-0.3, -0.25) is 9.98 Å². The van der Waals surface area contributed by atoms with Gasteiger partial charge in [0.05, 0.1) is 7.11 Å². The quantitative estimate of drug-likeness (QED) is 0.603. The molecule has 0 atom stereocenters. The third-order valence-corrected chi connectivity index (χ3v) is 3.69. The zero-order valence-electron chi connectivity index (χ0n) is 13.1. The van der Waals surface area contributed by atoms with Crippen molar-refractivity contribution < 1.29 is 4.74 Å². The summed E-state index contributed by atoms with van der Waals surface area (Å²) >= 11 is 6.20. The summed E-state index contributed by atoms with van der Waals surface area (Å²) in [5.41, 5.74) is 7.90. The molecule has 0 aliphatic carbocycles. The average Bonchev–Trinajstić information content (AvgIpc) is 2.57. The maximum absolute atomic E-state index is 6.20. The zero-order chi connectivity index (χ0) is 16.5. The second kappa shape index (κ2) is 9.00. The van der Waals surface area contributed by atoms with E-state index in [2.05, 4.69) is 15.3 Å². The van der Waals surface area contributed by atoms with Gasteiger partial charge in [0.2, 0.25) is 0 Å². The molecule has 23 heavy (non-hydrogen) atoms. The smallest absolute Gasteiger partial charge is 0.188 e. The highest BCUT2D eigenvalue weighted by Crippen LogP contribution is 2.22. The molecular weight excluding hydrogens is 312 g/mol. The van der Waals surface area contributed by atoms with Gasteiger partial charge in [-0.15, -0.1) is 0 Å². The predicted molar refractivity (Wildman–Crippen MR) is 94.1 cm³/mol. The van der Waals surface area contributed by atoms with Crippen LogP contribution in [0.15, 0.2) is 47.6 Å². The topological polar surface area (TPSA) is 72.5 Å². The lowest BCUT2D eigenvalue weighted by atomic mass is 10.1. The van der Waals surface area contributed by atoms with Gasteiger partial charge in [0.1, 0.15) is 5.75 Å². The fraction of sp³-hybridized carbons (Fsp3) is 0.294. The van der Waals surface area contributed by atoms with Crippen LogP contribution in [0.25, 0.3) is 0 Å². The Bertz CT molecular complexity index is 646. The number of rotatable bonds is 7. The summed E-state index contributed by atoms with van der Waals surface area (Å²) in [6.07, 6.45) is 3.31. The Hall–Kier alpha value is -2.27. The lowest BCUT2D eigenvalue weighted by Crippen LogP contribution is -2.33. The van der Waals surface area contributed by atoms with Crippen molar-refractivity contribution >= 4 is 17.6 Å². The van der Waals surface area contributed by atoms with E-state index < -0.39 is 0 Å². The van der Waals surface area contributed by atoms with E-state index >= 15 is 0 Å². The molecule has 2 rings (SSSR count). The molecule has 6 heteroatoms. The number of ether oxygens (including phenoxy) is 1. The minimum atomic E-state index is 0.436. The number of benzene rings is 1. The lowest BCUT2D eigenvalue weighted by Gasteiger charge is -2.08. The van der Waals surface area contributed by atoms with Crippen LogP contribution < -0.4 is 15.8 Å². The van der Waals surface area contributed by atoms with Crippen LogP contribution in [0.3, 0.4) is 0 Å². The number of nitrogens with one attached hydrogen (secondary N) is 1. The first-order valence-electron chi connectivity index (χ1n) is 7.45. The van der Waals surface area contributed by atoms with E-state index in [4.69, 9.17) is 22.1 Å². The predicted octanol–water partition coefficient (Wildman–Crippen LogP) is 2.43. The van der Waals surface area contributed by atoms with Crippen LogP contribution in [-0.4, -0.2) is 31.1 Å². The molecule has 122 valence electrons. The molecule has 0 fully saturated rings. The van der Waals surface area contributed by atoms with E-state index in [1.54, 1.807) is 19.4 Å². The lowest BCUT2D eigenvalue weighted by molar-refractivity contribution is 0.414. The fourth-order valence-corrected chi connectivity index (χ4v) is 2.34. The maximum atomic E-state index is 6.20. The van der Waals surface area contributed by atoms with Gasteiger partial charge in [-0.05, 0) is 36.2 Å². The van der Waals surface area contributed by atoms with Crippen LogP contribution in [0.2, 0.25) is 5.02 Å². The second-order valence-electron chi connectivity index (χ2n) is 4.97. The summed E-state index contributed by atoms with van der Waals surface area (Å²) in [5.74, 6) is 1.19. The number of hydrogen-bond donors (Lipinski definition) is 2. The molecule has 1 aromatic heterocycles. The molecule has 0 saturated carbocycles. The maximum Gasteiger partial charge on any atom is 0.188 e. The van der Waals surface area contributed by atoms with Crippen molar-refractivity contribution in [1.29, 1.82) is 0 Å². The van der Waals surface area contributed by atoms with Crippen LogP contribution in [0, 0.1) is 0 Å². The third-order valence-electron chi connectivity index (χ3n) is 3.34. The summed E-state index contributed by atoms with van der Waals surface area (Å²) in [4.78, 5) is 8.54. The SMILES string of the molecule is COc1ccc(CCNC(N)=NCCc2ccccn2)c(Cl)c1. The monoisotopic (exact) mass is 332 g/mol. The zero-order valence-corrected chi connectivity index (χ0v) is 13.9. The minimum Gasteiger partial charge on any atom is -0.497 e. The van der Waals surface area contributed by atoms with Gasteiger partial charge in [-0.2, -0.15) is 0 Å².